The lowest BCUT2D eigenvalue weighted by molar-refractivity contribution is -0.136. The summed E-state index contributed by atoms with van der Waals surface area (Å²) in [6.45, 7) is 0.179. The number of imidazole rings is 1. The molecule has 0 atom stereocenters. The van der Waals surface area contributed by atoms with Crippen LogP contribution in [0.4, 0.5) is 17.6 Å². The third-order valence-corrected chi connectivity index (χ3v) is 6.25. The molecule has 4 aromatic heterocycles. The highest BCUT2D eigenvalue weighted by atomic mass is 32.1. The van der Waals surface area contributed by atoms with Crippen LogP contribution in [-0.4, -0.2) is 20.3 Å². The van der Waals surface area contributed by atoms with Crippen molar-refractivity contribution < 1.29 is 22.4 Å². The fraction of sp³-hybridized carbons (Fsp3) is 0.0741. The Morgan fingerprint density at radius 2 is 1.89 bits per heavy atom. The monoisotopic (exact) mass is 520 g/mol. The van der Waals surface area contributed by atoms with E-state index in [0.29, 0.717) is 5.69 Å². The van der Waals surface area contributed by atoms with E-state index in [9.17, 15) is 22.4 Å². The fourth-order valence-electron chi connectivity index (χ4n) is 3.68. The Bertz CT molecular complexity index is 1650. The molecule has 0 aliphatic heterocycles. The Labute approximate surface area is 212 Å². The van der Waals surface area contributed by atoms with Crippen LogP contribution < -0.4 is 5.32 Å². The molecule has 0 radical (unpaired) electrons. The van der Waals surface area contributed by atoms with Gasteiger partial charge in [-0.1, -0.05) is 24.3 Å². The predicted molar refractivity (Wildman–Crippen MR) is 131 cm³/mol. The summed E-state index contributed by atoms with van der Waals surface area (Å²) in [6.07, 6.45) is -1.91. The molecule has 0 spiro atoms. The molecular formula is C27H16F4N4OS. The topological polar surface area (TPSA) is 59.3 Å². The number of fused-ring (bicyclic) bond motifs is 1. The van der Waals surface area contributed by atoms with Crippen molar-refractivity contribution >= 4 is 22.9 Å². The summed E-state index contributed by atoms with van der Waals surface area (Å²) in [5.74, 6) is 4.30. The molecule has 0 saturated heterocycles. The minimum Gasteiger partial charge on any atom is -0.346 e. The zero-order valence-electron chi connectivity index (χ0n) is 18.9. The molecule has 0 aliphatic rings. The predicted octanol–water partition coefficient (Wildman–Crippen LogP) is 5.95. The minimum atomic E-state index is -4.80. The molecule has 1 N–H and O–H groups in total. The highest BCUT2D eigenvalue weighted by molar-refractivity contribution is 7.09. The number of thiophene rings is 1. The smallest absolute Gasteiger partial charge is 0.346 e. The zero-order chi connectivity index (χ0) is 26.0. The second kappa shape index (κ2) is 9.87. The first kappa shape index (κ1) is 24.2. The molecule has 4 heterocycles. The summed E-state index contributed by atoms with van der Waals surface area (Å²) < 4.78 is 57.4. The number of amides is 1. The molecule has 5 nitrogen and oxygen atoms in total. The van der Waals surface area contributed by atoms with Gasteiger partial charge in [0.15, 0.2) is 11.3 Å². The van der Waals surface area contributed by atoms with Gasteiger partial charge in [-0.05, 0) is 64.7 Å². The van der Waals surface area contributed by atoms with E-state index in [4.69, 9.17) is 0 Å². The molecule has 184 valence electrons. The van der Waals surface area contributed by atoms with Crippen molar-refractivity contribution in [3.8, 4) is 23.0 Å². The maximum Gasteiger partial charge on any atom is 0.420 e. The third kappa shape index (κ3) is 5.22. The van der Waals surface area contributed by atoms with Gasteiger partial charge in [0.05, 0.1) is 12.1 Å². The Morgan fingerprint density at radius 1 is 1.03 bits per heavy atom. The second-order valence-corrected chi connectivity index (χ2v) is 8.91. The lowest BCUT2D eigenvalue weighted by atomic mass is 10.1. The number of carbonyl (C=O) groups excluding carboxylic acids is 1. The summed E-state index contributed by atoms with van der Waals surface area (Å²) in [5.41, 5.74) is -1.20. The Hall–Kier alpha value is -4.49. The molecule has 0 fully saturated rings. The van der Waals surface area contributed by atoms with Crippen molar-refractivity contribution in [2.24, 2.45) is 0 Å². The first-order valence-electron chi connectivity index (χ1n) is 10.9. The second-order valence-electron chi connectivity index (χ2n) is 7.88. The summed E-state index contributed by atoms with van der Waals surface area (Å²) >= 11 is 1.43. The molecule has 5 aromatic rings. The first-order chi connectivity index (χ1) is 17.8. The van der Waals surface area contributed by atoms with Gasteiger partial charge in [0, 0.05) is 17.3 Å². The van der Waals surface area contributed by atoms with Crippen molar-refractivity contribution in [2.45, 2.75) is 12.7 Å². The van der Waals surface area contributed by atoms with Crippen LogP contribution in [0.1, 0.15) is 32.3 Å². The number of nitrogens with one attached hydrogen (secondary N) is 1. The first-order valence-corrected chi connectivity index (χ1v) is 11.8. The molecule has 1 amide bonds. The number of nitrogens with zero attached hydrogens (tertiary/aromatic N) is 3. The van der Waals surface area contributed by atoms with Gasteiger partial charge in [0.1, 0.15) is 17.2 Å². The van der Waals surface area contributed by atoms with E-state index in [0.717, 1.165) is 21.4 Å². The van der Waals surface area contributed by atoms with Crippen LogP contribution in [0.25, 0.3) is 16.8 Å². The molecule has 5 rings (SSSR count). The van der Waals surface area contributed by atoms with E-state index in [2.05, 4.69) is 27.1 Å². The van der Waals surface area contributed by atoms with E-state index in [1.807, 2.05) is 17.5 Å². The van der Waals surface area contributed by atoms with E-state index in [1.54, 1.807) is 18.2 Å². The number of rotatable bonds is 4. The zero-order valence-corrected chi connectivity index (χ0v) is 19.7. The van der Waals surface area contributed by atoms with E-state index in [1.165, 1.54) is 41.9 Å². The van der Waals surface area contributed by atoms with Gasteiger partial charge in [-0.3, -0.25) is 9.20 Å². The Kier molecular flexibility index (Phi) is 6.46. The molecular weight excluding hydrogens is 504 g/mol. The molecule has 0 unspecified atom stereocenters. The van der Waals surface area contributed by atoms with Crippen LogP contribution in [0.5, 0.6) is 0 Å². The molecule has 0 aliphatic carbocycles. The minimum absolute atomic E-state index is 0.0481. The van der Waals surface area contributed by atoms with Crippen molar-refractivity contribution in [1.29, 1.82) is 0 Å². The lowest BCUT2D eigenvalue weighted by Gasteiger charge is -2.12. The summed E-state index contributed by atoms with van der Waals surface area (Å²) in [4.78, 5) is 22.2. The number of pyridine rings is 2. The van der Waals surface area contributed by atoms with Crippen LogP contribution in [0.2, 0.25) is 0 Å². The summed E-state index contributed by atoms with van der Waals surface area (Å²) in [6, 6.07) is 14.8. The SMILES string of the molecule is O=C(NCc1cccs1)c1nc2c(C(F)(F)F)cc(-c3cccc(F)c3)cn2c1C#Cc1ccccn1. The maximum absolute atomic E-state index is 14.1. The average molecular weight is 521 g/mol. The summed E-state index contributed by atoms with van der Waals surface area (Å²) in [7, 11) is 0. The number of aromatic nitrogens is 3. The van der Waals surface area contributed by atoms with Gasteiger partial charge in [0.25, 0.3) is 5.91 Å². The van der Waals surface area contributed by atoms with E-state index >= 15 is 0 Å². The number of alkyl halides is 3. The van der Waals surface area contributed by atoms with Crippen molar-refractivity contribution in [3.63, 3.8) is 0 Å². The van der Waals surface area contributed by atoms with Gasteiger partial charge in [0.2, 0.25) is 0 Å². The normalized spacial score (nSPS) is 11.2. The Morgan fingerprint density at radius 3 is 2.59 bits per heavy atom. The lowest BCUT2D eigenvalue weighted by Crippen LogP contribution is -2.23. The van der Waals surface area contributed by atoms with Crippen LogP contribution in [0.15, 0.2) is 78.4 Å². The molecule has 10 heteroatoms. The van der Waals surface area contributed by atoms with Gasteiger partial charge in [-0.15, -0.1) is 11.3 Å². The number of carbonyl (C=O) groups is 1. The standard InChI is InChI=1S/C27H16F4N4OS/c28-19-6-3-5-17(13-19)18-14-22(27(29,30)31)25-34-24(26(36)33-15-21-8-4-12-37-21)23(35(25)16-18)10-9-20-7-1-2-11-32-20/h1-8,11-14,16H,15H2,(H,33,36). The third-order valence-electron chi connectivity index (χ3n) is 5.38. The van der Waals surface area contributed by atoms with Crippen molar-refractivity contribution in [1.82, 2.24) is 19.7 Å². The van der Waals surface area contributed by atoms with Gasteiger partial charge in [-0.2, -0.15) is 13.2 Å². The molecule has 0 bridgehead atoms. The number of halogens is 4. The number of hydrogen-bond donors (Lipinski definition) is 1. The molecule has 0 saturated carbocycles. The molecule has 1 aromatic carbocycles. The van der Waals surface area contributed by atoms with Gasteiger partial charge in [-0.25, -0.2) is 14.4 Å². The van der Waals surface area contributed by atoms with Gasteiger partial charge < -0.3 is 5.32 Å². The van der Waals surface area contributed by atoms with E-state index < -0.39 is 29.1 Å². The highest BCUT2D eigenvalue weighted by Crippen LogP contribution is 2.36. The number of hydrogen-bond acceptors (Lipinski definition) is 4. The van der Waals surface area contributed by atoms with Gasteiger partial charge >= 0.3 is 6.18 Å². The maximum atomic E-state index is 14.1. The molecule has 37 heavy (non-hydrogen) atoms. The quantitative estimate of drug-likeness (QED) is 0.236. The van der Waals surface area contributed by atoms with Crippen LogP contribution >= 0.6 is 11.3 Å². The Balaban J connectivity index is 1.71. The number of benzene rings is 1. The fourth-order valence-corrected chi connectivity index (χ4v) is 4.33. The van der Waals surface area contributed by atoms with Crippen LogP contribution in [0.3, 0.4) is 0 Å². The highest BCUT2D eigenvalue weighted by Gasteiger charge is 2.36. The van der Waals surface area contributed by atoms with Crippen LogP contribution in [-0.2, 0) is 12.7 Å². The van der Waals surface area contributed by atoms with Crippen molar-refractivity contribution in [3.05, 3.63) is 112 Å². The average Bonchev–Trinajstić information content (AvgIpc) is 3.53. The van der Waals surface area contributed by atoms with Crippen LogP contribution in [0, 0.1) is 17.7 Å². The largest absolute Gasteiger partial charge is 0.420 e. The summed E-state index contributed by atoms with van der Waals surface area (Å²) in [5, 5.41) is 4.54. The van der Waals surface area contributed by atoms with Crippen molar-refractivity contribution in [2.75, 3.05) is 0 Å². The van der Waals surface area contributed by atoms with E-state index in [-0.39, 0.29) is 29.1 Å².